The number of hydrogen-bond donors (Lipinski definition) is 2. The van der Waals surface area contributed by atoms with E-state index in [-0.39, 0.29) is 6.42 Å². The minimum Gasteiger partial charge on any atom is -0.497 e. The molecule has 9 heteroatoms. The maximum atomic E-state index is 11.3. The predicted octanol–water partition coefficient (Wildman–Crippen LogP) is 4.83. The molecule has 8 nitrogen and oxygen atoms in total. The summed E-state index contributed by atoms with van der Waals surface area (Å²) in [4.78, 5) is 18.2. The molecule has 1 unspecified atom stereocenters. The van der Waals surface area contributed by atoms with Crippen molar-refractivity contribution in [2.75, 3.05) is 32.5 Å². The number of thioether (sulfide) groups is 1. The van der Waals surface area contributed by atoms with E-state index in [2.05, 4.69) is 20.1 Å². The molecule has 0 radical (unpaired) electrons. The van der Waals surface area contributed by atoms with Crippen molar-refractivity contribution < 1.29 is 19.7 Å². The molecule has 37 heavy (non-hydrogen) atoms. The lowest BCUT2D eigenvalue weighted by Gasteiger charge is -2.39. The van der Waals surface area contributed by atoms with Crippen molar-refractivity contribution >= 4 is 28.6 Å². The molecular formula is C28H36N4O4S. The van der Waals surface area contributed by atoms with Crippen LogP contribution in [0.15, 0.2) is 53.8 Å². The quantitative estimate of drug-likeness (QED) is 0.240. The summed E-state index contributed by atoms with van der Waals surface area (Å²) in [6.45, 7) is 2.92. The van der Waals surface area contributed by atoms with Crippen molar-refractivity contribution in [1.29, 1.82) is 0 Å². The third kappa shape index (κ3) is 7.87. The molecule has 0 bridgehead atoms. The number of fused-ring (bicyclic) bond motifs is 1. The number of methoxy groups -OCH3 is 1. The Bertz CT molecular complexity index is 1150. The molecule has 0 spiro atoms. The minimum absolute atomic E-state index is 0.189. The van der Waals surface area contributed by atoms with Crippen LogP contribution in [0.1, 0.15) is 50.2 Å². The number of aliphatic hydroxyl groups is 1. The van der Waals surface area contributed by atoms with Crippen LogP contribution in [0.5, 0.6) is 5.75 Å². The number of ether oxygens (including phenoxy) is 1. The summed E-state index contributed by atoms with van der Waals surface area (Å²) in [7, 11) is 1.63. The molecule has 1 aromatic carbocycles. The van der Waals surface area contributed by atoms with E-state index in [0.717, 1.165) is 71.9 Å². The molecule has 1 aliphatic heterocycles. The molecule has 0 saturated carbocycles. The fraction of sp³-hybridized carbons (Fsp3) is 0.500. The Morgan fingerprint density at radius 1 is 1.22 bits per heavy atom. The van der Waals surface area contributed by atoms with Crippen molar-refractivity contribution in [2.24, 2.45) is 11.8 Å². The number of carbonyl (C=O) groups is 1. The fourth-order valence-corrected chi connectivity index (χ4v) is 6.06. The standard InChI is InChI=1S/C28H36N4O4S/c1-36-22-7-8-25-24(18-22)23(11-14-29-25)26(33)9-5-20-12-16-32(19-21(20)6-10-28(34)35)15-3-17-37-27-4-2-13-30-31-27/h2,4,7-8,11,13-14,18,20-21,26,33H,3,5-6,9-10,12,15-17,19H2,1H3,(H,34,35)/t20-,21+,26?/m1/s1. The van der Waals surface area contributed by atoms with Gasteiger partial charge in [-0.1, -0.05) is 0 Å². The van der Waals surface area contributed by atoms with Crippen LogP contribution in [0.25, 0.3) is 10.9 Å². The van der Waals surface area contributed by atoms with Crippen LogP contribution in [0.2, 0.25) is 0 Å². The maximum Gasteiger partial charge on any atom is 0.303 e. The zero-order valence-electron chi connectivity index (χ0n) is 21.3. The van der Waals surface area contributed by atoms with Crippen molar-refractivity contribution in [3.8, 4) is 5.75 Å². The molecule has 1 fully saturated rings. The van der Waals surface area contributed by atoms with Crippen LogP contribution >= 0.6 is 11.8 Å². The lowest BCUT2D eigenvalue weighted by atomic mass is 9.79. The monoisotopic (exact) mass is 524 g/mol. The van der Waals surface area contributed by atoms with Gasteiger partial charge in [-0.25, -0.2) is 0 Å². The van der Waals surface area contributed by atoms with E-state index >= 15 is 0 Å². The number of nitrogens with zero attached hydrogens (tertiary/aromatic N) is 4. The van der Waals surface area contributed by atoms with Crippen molar-refractivity contribution in [3.63, 3.8) is 0 Å². The van der Waals surface area contributed by atoms with Crippen LogP contribution in [0, 0.1) is 11.8 Å². The van der Waals surface area contributed by atoms with Crippen molar-refractivity contribution in [2.45, 2.75) is 49.7 Å². The van der Waals surface area contributed by atoms with Gasteiger partial charge in [-0.2, -0.15) is 5.10 Å². The zero-order valence-corrected chi connectivity index (χ0v) is 22.1. The highest BCUT2D eigenvalue weighted by molar-refractivity contribution is 7.99. The van der Waals surface area contributed by atoms with E-state index in [1.807, 2.05) is 36.4 Å². The molecule has 2 N–H and O–H groups in total. The van der Waals surface area contributed by atoms with Gasteiger partial charge in [0.25, 0.3) is 0 Å². The first-order chi connectivity index (χ1) is 18.0. The first-order valence-electron chi connectivity index (χ1n) is 13.0. The normalized spacial score (nSPS) is 19.1. The number of hydrogen-bond acceptors (Lipinski definition) is 8. The first kappa shape index (κ1) is 27.3. The molecule has 1 aliphatic rings. The molecule has 0 aliphatic carbocycles. The van der Waals surface area contributed by atoms with E-state index in [9.17, 15) is 15.0 Å². The van der Waals surface area contributed by atoms with Gasteiger partial charge in [-0.15, -0.1) is 16.9 Å². The van der Waals surface area contributed by atoms with Crippen LogP contribution in [0.3, 0.4) is 0 Å². The second kappa shape index (κ2) is 13.7. The van der Waals surface area contributed by atoms with Gasteiger partial charge in [0.05, 0.1) is 18.7 Å². The Labute approximate surface area is 222 Å². The SMILES string of the molecule is COc1ccc2nccc(C(O)CC[C@@H]3CCN(CCCSc4cccnn4)C[C@@H]3CCC(=O)O)c2c1. The summed E-state index contributed by atoms with van der Waals surface area (Å²) < 4.78 is 5.37. The summed E-state index contributed by atoms with van der Waals surface area (Å²) in [6.07, 6.45) is 7.27. The number of aliphatic hydroxyl groups excluding tert-OH is 1. The summed E-state index contributed by atoms with van der Waals surface area (Å²) >= 11 is 1.72. The van der Waals surface area contributed by atoms with Gasteiger partial charge < -0.3 is 19.8 Å². The number of aliphatic carboxylic acids is 1. The van der Waals surface area contributed by atoms with Gasteiger partial charge in [0.15, 0.2) is 0 Å². The second-order valence-corrected chi connectivity index (χ2v) is 10.8. The molecule has 198 valence electrons. The predicted molar refractivity (Wildman–Crippen MR) is 145 cm³/mol. The molecular weight excluding hydrogens is 488 g/mol. The topological polar surface area (TPSA) is 109 Å². The van der Waals surface area contributed by atoms with Crippen molar-refractivity contribution in [3.05, 3.63) is 54.4 Å². The summed E-state index contributed by atoms with van der Waals surface area (Å²) in [5, 5.41) is 30.3. The van der Waals surface area contributed by atoms with Crippen LogP contribution in [0.4, 0.5) is 0 Å². The Hall–Kier alpha value is -2.75. The Morgan fingerprint density at radius 2 is 2.11 bits per heavy atom. The fourth-order valence-electron chi connectivity index (χ4n) is 5.30. The third-order valence-electron chi connectivity index (χ3n) is 7.27. The molecule has 3 heterocycles. The van der Waals surface area contributed by atoms with Gasteiger partial charge in [-0.05, 0) is 99.0 Å². The summed E-state index contributed by atoms with van der Waals surface area (Å²) in [5.74, 6) is 1.70. The van der Waals surface area contributed by atoms with E-state index < -0.39 is 12.1 Å². The Morgan fingerprint density at radius 3 is 2.89 bits per heavy atom. The molecule has 4 rings (SSSR count). The highest BCUT2D eigenvalue weighted by Crippen LogP contribution is 2.35. The second-order valence-electron chi connectivity index (χ2n) is 9.68. The minimum atomic E-state index is -0.742. The number of likely N-dealkylation sites (tertiary alicyclic amines) is 1. The number of pyridine rings is 1. The molecule has 2 aromatic heterocycles. The highest BCUT2D eigenvalue weighted by Gasteiger charge is 2.30. The van der Waals surface area contributed by atoms with E-state index in [4.69, 9.17) is 4.74 Å². The average molecular weight is 525 g/mol. The summed E-state index contributed by atoms with van der Waals surface area (Å²) in [6, 6.07) is 11.5. The number of aromatic nitrogens is 3. The van der Waals surface area contributed by atoms with E-state index in [1.165, 1.54) is 0 Å². The van der Waals surface area contributed by atoms with E-state index in [1.54, 1.807) is 31.3 Å². The molecule has 0 amide bonds. The number of carboxylic acids is 1. The smallest absolute Gasteiger partial charge is 0.303 e. The molecule has 1 saturated heterocycles. The van der Waals surface area contributed by atoms with Gasteiger partial charge in [0.1, 0.15) is 10.8 Å². The first-order valence-corrected chi connectivity index (χ1v) is 14.0. The van der Waals surface area contributed by atoms with Crippen molar-refractivity contribution in [1.82, 2.24) is 20.1 Å². The molecule has 3 aromatic rings. The van der Waals surface area contributed by atoms with Gasteiger partial charge >= 0.3 is 5.97 Å². The van der Waals surface area contributed by atoms with Gasteiger partial charge in [0, 0.05) is 36.5 Å². The third-order valence-corrected chi connectivity index (χ3v) is 8.28. The van der Waals surface area contributed by atoms with Gasteiger partial charge in [-0.3, -0.25) is 9.78 Å². The number of piperidine rings is 1. The molecule has 3 atom stereocenters. The number of rotatable bonds is 13. The van der Waals surface area contributed by atoms with E-state index in [0.29, 0.717) is 24.7 Å². The van der Waals surface area contributed by atoms with Gasteiger partial charge in [0.2, 0.25) is 0 Å². The highest BCUT2D eigenvalue weighted by atomic mass is 32.2. The summed E-state index contributed by atoms with van der Waals surface area (Å²) in [5.41, 5.74) is 1.70. The van der Waals surface area contributed by atoms with Crippen LogP contribution < -0.4 is 4.74 Å². The number of carboxylic acid groups (broad SMARTS) is 1. The lowest BCUT2D eigenvalue weighted by Crippen LogP contribution is -2.41. The maximum absolute atomic E-state index is 11.3. The largest absolute Gasteiger partial charge is 0.497 e. The average Bonchev–Trinajstić information content (AvgIpc) is 2.93. The Balaban J connectivity index is 1.32. The van der Waals surface area contributed by atoms with Crippen LogP contribution in [-0.2, 0) is 4.79 Å². The van der Waals surface area contributed by atoms with Crippen LogP contribution in [-0.4, -0.2) is 68.8 Å². The lowest BCUT2D eigenvalue weighted by molar-refractivity contribution is -0.137. The Kier molecular flexibility index (Phi) is 10.1. The number of benzene rings is 1. The zero-order chi connectivity index (χ0) is 26.0.